The van der Waals surface area contributed by atoms with E-state index in [-0.39, 0.29) is 12.3 Å². The molecule has 1 aromatic heterocycles. The molecular weight excluding hydrogens is 669 g/mol. The van der Waals surface area contributed by atoms with E-state index < -0.39 is 0 Å². The summed E-state index contributed by atoms with van der Waals surface area (Å²) in [6.45, 7) is 0. The van der Waals surface area contributed by atoms with Crippen LogP contribution in [0.25, 0.3) is 70.9 Å². The van der Waals surface area contributed by atoms with Crippen molar-refractivity contribution in [3.05, 3.63) is 211 Å². The van der Waals surface area contributed by atoms with Gasteiger partial charge in [0.2, 0.25) is 0 Å². The van der Waals surface area contributed by atoms with Crippen molar-refractivity contribution in [2.24, 2.45) is 4.99 Å². The van der Waals surface area contributed by atoms with Crippen molar-refractivity contribution in [2.45, 2.75) is 12.3 Å². The fourth-order valence-corrected chi connectivity index (χ4v) is 8.56. The second-order valence-corrected chi connectivity index (χ2v) is 14.5. The van der Waals surface area contributed by atoms with Crippen LogP contribution in [-0.4, -0.2) is 10.4 Å². The lowest BCUT2D eigenvalue weighted by Gasteiger charge is -2.32. The zero-order chi connectivity index (χ0) is 36.3. The van der Waals surface area contributed by atoms with Gasteiger partial charge in [0.15, 0.2) is 0 Å². The lowest BCUT2D eigenvalue weighted by Crippen LogP contribution is -2.44. The van der Waals surface area contributed by atoms with Gasteiger partial charge in [0, 0.05) is 22.0 Å². The fraction of sp³-hybridized carbons (Fsp3) is 0.0392. The molecule has 1 aliphatic heterocycles. The summed E-state index contributed by atoms with van der Waals surface area (Å²) in [5.41, 5.74) is 9.24. The van der Waals surface area contributed by atoms with Crippen molar-refractivity contribution in [1.82, 2.24) is 15.2 Å². The number of hydrogen-bond donors (Lipinski definition) is 2. The van der Waals surface area contributed by atoms with E-state index in [1.54, 1.807) is 0 Å². The third kappa shape index (κ3) is 5.38. The number of nitrogens with one attached hydrogen (secondary N) is 2. The van der Waals surface area contributed by atoms with Crippen molar-refractivity contribution in [1.29, 1.82) is 0 Å². The molecule has 55 heavy (non-hydrogen) atoms. The highest BCUT2D eigenvalue weighted by Crippen LogP contribution is 2.39. The van der Waals surface area contributed by atoms with Crippen LogP contribution in [0.3, 0.4) is 0 Å². The van der Waals surface area contributed by atoms with Crippen LogP contribution in [0.15, 0.2) is 199 Å². The summed E-state index contributed by atoms with van der Waals surface area (Å²) < 4.78 is 2.43. The van der Waals surface area contributed by atoms with E-state index in [1.165, 1.54) is 65.3 Å². The smallest absolute Gasteiger partial charge is 0.131 e. The number of fused-ring (bicyclic) bond motifs is 8. The molecule has 2 heterocycles. The van der Waals surface area contributed by atoms with Crippen LogP contribution >= 0.6 is 0 Å². The third-order valence-electron chi connectivity index (χ3n) is 11.2. The van der Waals surface area contributed by atoms with E-state index in [1.807, 2.05) is 6.07 Å². The zero-order valence-corrected chi connectivity index (χ0v) is 30.0. The van der Waals surface area contributed by atoms with Crippen molar-refractivity contribution >= 4 is 60.0 Å². The fourth-order valence-electron chi connectivity index (χ4n) is 8.56. The highest BCUT2D eigenvalue weighted by Gasteiger charge is 2.25. The van der Waals surface area contributed by atoms with Crippen LogP contribution < -0.4 is 10.6 Å². The van der Waals surface area contributed by atoms with Gasteiger partial charge in [-0.25, -0.2) is 4.99 Å². The van der Waals surface area contributed by atoms with E-state index >= 15 is 0 Å². The number of para-hydroxylation sites is 1. The van der Waals surface area contributed by atoms with Crippen LogP contribution in [0.2, 0.25) is 0 Å². The number of aliphatic imine (C=N–C) groups is 1. The van der Waals surface area contributed by atoms with Gasteiger partial charge in [0.25, 0.3) is 0 Å². The molecule has 0 spiro atoms. The molecule has 0 amide bonds. The van der Waals surface area contributed by atoms with Crippen molar-refractivity contribution in [2.75, 3.05) is 0 Å². The maximum absolute atomic E-state index is 5.21. The summed E-state index contributed by atoms with van der Waals surface area (Å²) in [5.74, 6) is 0.873. The van der Waals surface area contributed by atoms with Gasteiger partial charge in [-0.2, -0.15) is 0 Å². The normalized spacial score (nSPS) is 15.8. The molecule has 9 aromatic carbocycles. The molecule has 260 valence electrons. The Labute approximate surface area is 319 Å². The minimum absolute atomic E-state index is 0.0872. The van der Waals surface area contributed by atoms with Gasteiger partial charge in [-0.15, -0.1) is 0 Å². The predicted octanol–water partition coefficient (Wildman–Crippen LogP) is 12.2. The quantitative estimate of drug-likeness (QED) is 0.175. The van der Waals surface area contributed by atoms with Gasteiger partial charge in [0.1, 0.15) is 18.2 Å². The molecule has 0 saturated heterocycles. The van der Waals surface area contributed by atoms with Crippen molar-refractivity contribution in [3.8, 4) is 16.8 Å². The molecule has 0 aliphatic carbocycles. The average Bonchev–Trinajstić information content (AvgIpc) is 3.61. The number of aromatic nitrogens is 1. The van der Waals surface area contributed by atoms with Crippen LogP contribution in [-0.2, 0) is 0 Å². The minimum atomic E-state index is -0.181. The molecule has 1 aliphatic rings. The number of benzene rings is 9. The predicted molar refractivity (Wildman–Crippen MR) is 230 cm³/mol. The Morgan fingerprint density at radius 3 is 1.95 bits per heavy atom. The first-order valence-electron chi connectivity index (χ1n) is 18.9. The molecule has 2 N–H and O–H groups in total. The maximum Gasteiger partial charge on any atom is 0.131 e. The van der Waals surface area contributed by atoms with Crippen LogP contribution in [0.5, 0.6) is 0 Å². The first kappa shape index (κ1) is 31.5. The Bertz CT molecular complexity index is 3110. The highest BCUT2D eigenvalue weighted by molar-refractivity contribution is 6.22. The largest absolute Gasteiger partial charge is 0.350 e. The lowest BCUT2D eigenvalue weighted by molar-refractivity contribution is 0.409. The number of amidine groups is 1. The monoisotopic (exact) mass is 704 g/mol. The standard InChI is InChI=1S/C51H36N4/c1-3-13-35(14-4-1)49-52-50(36-15-5-2-6-16-36)54-51(53-49)40-18-11-17-37(30-40)38-24-22-34-26-29-47-48(45(34)32-38)44-20-9-10-21-46(44)55(47)41-27-28-43-39(31-41)25-23-33-12-7-8-19-42(33)43/h1-32,49-50,52H,(H,53,54). The van der Waals surface area contributed by atoms with Crippen molar-refractivity contribution in [3.63, 3.8) is 0 Å². The van der Waals surface area contributed by atoms with Crippen molar-refractivity contribution < 1.29 is 0 Å². The molecule has 0 saturated carbocycles. The maximum atomic E-state index is 5.21. The summed E-state index contributed by atoms with van der Waals surface area (Å²) in [6.07, 6.45) is -0.268. The van der Waals surface area contributed by atoms with E-state index in [0.29, 0.717) is 0 Å². The summed E-state index contributed by atoms with van der Waals surface area (Å²) >= 11 is 0. The first-order valence-corrected chi connectivity index (χ1v) is 18.9. The minimum Gasteiger partial charge on any atom is -0.350 e. The van der Waals surface area contributed by atoms with Crippen LogP contribution in [0.4, 0.5) is 0 Å². The van der Waals surface area contributed by atoms with Gasteiger partial charge in [-0.1, -0.05) is 158 Å². The molecule has 2 unspecified atom stereocenters. The molecule has 0 bridgehead atoms. The van der Waals surface area contributed by atoms with E-state index in [0.717, 1.165) is 28.2 Å². The molecular formula is C51H36N4. The van der Waals surface area contributed by atoms with Gasteiger partial charge in [-0.3, -0.25) is 5.32 Å². The topological polar surface area (TPSA) is 41.4 Å². The summed E-state index contributed by atoms with van der Waals surface area (Å²) in [6, 6.07) is 70.0. The Morgan fingerprint density at radius 2 is 1.07 bits per heavy atom. The highest BCUT2D eigenvalue weighted by atomic mass is 15.3. The molecule has 4 nitrogen and oxygen atoms in total. The summed E-state index contributed by atoms with van der Waals surface area (Å²) in [4.78, 5) is 5.21. The Balaban J connectivity index is 1.03. The zero-order valence-electron chi connectivity index (χ0n) is 30.0. The second-order valence-electron chi connectivity index (χ2n) is 14.5. The van der Waals surface area contributed by atoms with Gasteiger partial charge in [0.05, 0.1) is 11.0 Å². The average molecular weight is 705 g/mol. The SMILES string of the molecule is c1ccc(C2N=C(c3cccc(-c4ccc5ccc6c(c5c4)c4ccccc4n6-c4ccc5c(ccc6ccccc65)c4)c3)NC(c3ccccc3)N2)cc1. The summed E-state index contributed by atoms with van der Waals surface area (Å²) in [5, 5.41) is 17.5. The molecule has 2 atom stereocenters. The first-order chi connectivity index (χ1) is 27.2. The molecule has 0 radical (unpaired) electrons. The molecule has 10 aromatic rings. The molecule has 4 heteroatoms. The van der Waals surface area contributed by atoms with E-state index in [2.05, 4.69) is 203 Å². The number of hydrogen-bond acceptors (Lipinski definition) is 3. The number of rotatable bonds is 5. The van der Waals surface area contributed by atoms with Gasteiger partial charge >= 0.3 is 0 Å². The summed E-state index contributed by atoms with van der Waals surface area (Å²) in [7, 11) is 0. The van der Waals surface area contributed by atoms with E-state index in [4.69, 9.17) is 4.99 Å². The lowest BCUT2D eigenvalue weighted by atomic mass is 9.96. The molecule has 11 rings (SSSR count). The van der Waals surface area contributed by atoms with Crippen LogP contribution in [0.1, 0.15) is 29.0 Å². The molecule has 0 fully saturated rings. The van der Waals surface area contributed by atoms with Gasteiger partial charge in [-0.05, 0) is 91.0 Å². The van der Waals surface area contributed by atoms with Gasteiger partial charge < -0.3 is 9.88 Å². The number of nitrogens with zero attached hydrogens (tertiary/aromatic N) is 2. The Kier molecular flexibility index (Phi) is 7.35. The Morgan fingerprint density at radius 1 is 0.418 bits per heavy atom. The second kappa shape index (κ2) is 12.8. The third-order valence-corrected chi connectivity index (χ3v) is 11.2. The van der Waals surface area contributed by atoms with E-state index in [9.17, 15) is 0 Å². The Hall–Kier alpha value is -7.01. The van der Waals surface area contributed by atoms with Crippen LogP contribution in [0, 0.1) is 0 Å².